The fourth-order valence-corrected chi connectivity index (χ4v) is 1.76. The molecule has 1 aromatic rings. The van der Waals surface area contributed by atoms with E-state index in [1.807, 2.05) is 0 Å². The van der Waals surface area contributed by atoms with Gasteiger partial charge in [-0.25, -0.2) is 0 Å². The molecule has 3 nitrogen and oxygen atoms in total. The molecule has 0 aliphatic carbocycles. The van der Waals surface area contributed by atoms with Crippen LogP contribution >= 0.6 is 0 Å². The Labute approximate surface area is 98.7 Å². The van der Waals surface area contributed by atoms with E-state index in [9.17, 15) is 8.78 Å². The number of hydrogen-bond acceptors (Lipinski definition) is 3. The van der Waals surface area contributed by atoms with Gasteiger partial charge in [0.1, 0.15) is 5.75 Å². The monoisotopic (exact) mass is 243 g/mol. The van der Waals surface area contributed by atoms with Gasteiger partial charge in [-0.15, -0.1) is 0 Å². The number of alkyl halides is 2. The maximum atomic E-state index is 12.0. The van der Waals surface area contributed by atoms with Crippen molar-refractivity contribution in [2.45, 2.75) is 25.7 Å². The van der Waals surface area contributed by atoms with Gasteiger partial charge in [0.05, 0.1) is 12.7 Å². The zero-order valence-electron chi connectivity index (χ0n) is 9.53. The van der Waals surface area contributed by atoms with Crippen molar-refractivity contribution in [3.05, 3.63) is 29.8 Å². The van der Waals surface area contributed by atoms with Crippen molar-refractivity contribution < 1.29 is 18.3 Å². The molecule has 2 atom stereocenters. The minimum Gasteiger partial charge on any atom is -0.435 e. The molecule has 0 amide bonds. The zero-order valence-corrected chi connectivity index (χ0v) is 9.53. The van der Waals surface area contributed by atoms with E-state index in [1.165, 1.54) is 12.1 Å². The predicted molar refractivity (Wildman–Crippen MR) is 59.2 cm³/mol. The number of hydrogen-bond donors (Lipinski definition) is 1. The van der Waals surface area contributed by atoms with Crippen LogP contribution in [0.1, 0.15) is 18.6 Å². The third kappa shape index (κ3) is 3.38. The molecule has 0 saturated carbocycles. The van der Waals surface area contributed by atoms with Crippen LogP contribution in [-0.2, 0) is 4.74 Å². The molecule has 17 heavy (non-hydrogen) atoms. The molecule has 1 heterocycles. The van der Waals surface area contributed by atoms with E-state index in [4.69, 9.17) is 4.74 Å². The number of benzene rings is 1. The highest BCUT2D eigenvalue weighted by Gasteiger charge is 2.19. The number of halogens is 2. The van der Waals surface area contributed by atoms with Crippen LogP contribution in [0.25, 0.3) is 0 Å². The number of nitrogens with one attached hydrogen (secondary N) is 1. The Morgan fingerprint density at radius 2 is 2.06 bits per heavy atom. The number of rotatable bonds is 3. The molecule has 0 spiro atoms. The topological polar surface area (TPSA) is 30.5 Å². The van der Waals surface area contributed by atoms with Crippen LogP contribution < -0.4 is 10.1 Å². The molecule has 2 unspecified atom stereocenters. The first kappa shape index (κ1) is 12.3. The van der Waals surface area contributed by atoms with Gasteiger partial charge in [0.25, 0.3) is 0 Å². The summed E-state index contributed by atoms with van der Waals surface area (Å²) in [5, 5.41) is 3.30. The molecule has 5 heteroatoms. The maximum absolute atomic E-state index is 12.0. The van der Waals surface area contributed by atoms with Gasteiger partial charge >= 0.3 is 6.61 Å². The summed E-state index contributed by atoms with van der Waals surface area (Å²) in [6.45, 7) is 0.653. The van der Waals surface area contributed by atoms with E-state index in [-0.39, 0.29) is 11.9 Å². The number of morpholine rings is 1. The second-order valence-electron chi connectivity index (χ2n) is 4.08. The van der Waals surface area contributed by atoms with E-state index in [0.29, 0.717) is 12.6 Å². The first-order valence-electron chi connectivity index (χ1n) is 5.55. The quantitative estimate of drug-likeness (QED) is 0.883. The Hall–Kier alpha value is -1.20. The fourth-order valence-electron chi connectivity index (χ4n) is 1.76. The summed E-state index contributed by atoms with van der Waals surface area (Å²) in [7, 11) is 0. The van der Waals surface area contributed by atoms with Crippen molar-refractivity contribution in [2.75, 3.05) is 13.2 Å². The van der Waals surface area contributed by atoms with Crippen LogP contribution in [0.5, 0.6) is 5.75 Å². The summed E-state index contributed by atoms with van der Waals surface area (Å²) in [5.41, 5.74) is 0.964. The maximum Gasteiger partial charge on any atom is 0.387 e. The summed E-state index contributed by atoms with van der Waals surface area (Å²) in [6.07, 6.45) is -0.0215. The second kappa shape index (κ2) is 5.42. The van der Waals surface area contributed by atoms with Crippen molar-refractivity contribution >= 4 is 0 Å². The summed E-state index contributed by atoms with van der Waals surface area (Å²) >= 11 is 0. The molecule has 0 aromatic heterocycles. The molecule has 94 valence electrons. The Morgan fingerprint density at radius 3 is 2.59 bits per heavy atom. The highest BCUT2D eigenvalue weighted by Crippen LogP contribution is 2.23. The van der Waals surface area contributed by atoms with E-state index in [2.05, 4.69) is 17.0 Å². The van der Waals surface area contributed by atoms with Crippen molar-refractivity contribution in [3.63, 3.8) is 0 Å². The Bertz CT molecular complexity index is 348. The van der Waals surface area contributed by atoms with E-state index >= 15 is 0 Å². The van der Waals surface area contributed by atoms with E-state index in [0.717, 1.165) is 12.1 Å². The molecule has 1 N–H and O–H groups in total. The lowest BCUT2D eigenvalue weighted by Crippen LogP contribution is -2.40. The van der Waals surface area contributed by atoms with Crippen LogP contribution in [0.15, 0.2) is 24.3 Å². The van der Waals surface area contributed by atoms with Crippen LogP contribution in [0.2, 0.25) is 0 Å². The molecule has 1 aliphatic rings. The van der Waals surface area contributed by atoms with Gasteiger partial charge in [0.15, 0.2) is 0 Å². The largest absolute Gasteiger partial charge is 0.435 e. The minimum atomic E-state index is -2.78. The van der Waals surface area contributed by atoms with Gasteiger partial charge in [0.2, 0.25) is 0 Å². The number of ether oxygens (including phenoxy) is 2. The smallest absolute Gasteiger partial charge is 0.387 e. The third-order valence-electron chi connectivity index (χ3n) is 2.68. The highest BCUT2D eigenvalue weighted by molar-refractivity contribution is 5.29. The lowest BCUT2D eigenvalue weighted by atomic mass is 10.1. The second-order valence-corrected chi connectivity index (χ2v) is 4.08. The van der Waals surface area contributed by atoms with Gasteiger partial charge in [-0.05, 0) is 24.6 Å². The molecule has 1 fully saturated rings. The summed E-state index contributed by atoms with van der Waals surface area (Å²) in [5.74, 6) is 0.167. The first-order chi connectivity index (χ1) is 8.15. The van der Waals surface area contributed by atoms with Crippen molar-refractivity contribution in [1.82, 2.24) is 5.32 Å². The molecule has 1 aromatic carbocycles. The molecule has 0 radical (unpaired) electrons. The van der Waals surface area contributed by atoms with E-state index in [1.54, 1.807) is 12.1 Å². The molecular weight excluding hydrogens is 228 g/mol. The van der Waals surface area contributed by atoms with Gasteiger partial charge in [-0.3, -0.25) is 0 Å². The SMILES string of the molecule is CC1COC(c2ccc(OC(F)F)cc2)CN1. The van der Waals surface area contributed by atoms with Crippen LogP contribution in [0, 0.1) is 0 Å². The standard InChI is InChI=1S/C12H15F2NO2/c1-8-7-16-11(6-15-8)9-2-4-10(5-3-9)17-12(13)14/h2-5,8,11-12,15H,6-7H2,1H3. The summed E-state index contributed by atoms with van der Waals surface area (Å²) in [6, 6.07) is 6.92. The third-order valence-corrected chi connectivity index (χ3v) is 2.68. The van der Waals surface area contributed by atoms with Gasteiger partial charge in [-0.1, -0.05) is 12.1 Å². The molecule has 2 rings (SSSR count). The van der Waals surface area contributed by atoms with Crippen LogP contribution in [0.4, 0.5) is 8.78 Å². The molecule has 0 bridgehead atoms. The molecule has 1 aliphatic heterocycles. The molecule has 1 saturated heterocycles. The van der Waals surface area contributed by atoms with Gasteiger partial charge in [0, 0.05) is 12.6 Å². The fraction of sp³-hybridized carbons (Fsp3) is 0.500. The van der Waals surface area contributed by atoms with Crippen molar-refractivity contribution in [1.29, 1.82) is 0 Å². The highest BCUT2D eigenvalue weighted by atomic mass is 19.3. The van der Waals surface area contributed by atoms with Gasteiger partial charge < -0.3 is 14.8 Å². The average Bonchev–Trinajstić information content (AvgIpc) is 2.30. The normalized spacial score (nSPS) is 24.9. The van der Waals surface area contributed by atoms with Crippen LogP contribution in [0.3, 0.4) is 0 Å². The van der Waals surface area contributed by atoms with Crippen molar-refractivity contribution in [2.24, 2.45) is 0 Å². The predicted octanol–water partition coefficient (Wildman–Crippen LogP) is 2.34. The Balaban J connectivity index is 1.97. The first-order valence-corrected chi connectivity index (χ1v) is 5.55. The lowest BCUT2D eigenvalue weighted by molar-refractivity contribution is -0.0499. The minimum absolute atomic E-state index is 0.0215. The lowest BCUT2D eigenvalue weighted by Gasteiger charge is -2.28. The molecular formula is C12H15F2NO2. The summed E-state index contributed by atoms with van der Waals surface area (Å²) in [4.78, 5) is 0. The Kier molecular flexibility index (Phi) is 3.91. The average molecular weight is 243 g/mol. The zero-order chi connectivity index (χ0) is 12.3. The van der Waals surface area contributed by atoms with Crippen LogP contribution in [-0.4, -0.2) is 25.8 Å². The van der Waals surface area contributed by atoms with E-state index < -0.39 is 6.61 Å². The van der Waals surface area contributed by atoms with Crippen molar-refractivity contribution in [3.8, 4) is 5.75 Å². The Morgan fingerprint density at radius 1 is 1.35 bits per heavy atom. The summed E-state index contributed by atoms with van der Waals surface area (Å²) < 4.78 is 33.9. The van der Waals surface area contributed by atoms with Gasteiger partial charge in [-0.2, -0.15) is 8.78 Å².